The molecule has 0 fully saturated rings. The lowest BCUT2D eigenvalue weighted by atomic mass is 10.1. The number of anilines is 1. The normalized spacial score (nSPS) is 12.5. The molecule has 7 nitrogen and oxygen atoms in total. The number of nitrogens with zero attached hydrogens (tertiary/aromatic N) is 4. The fraction of sp³-hybridized carbons (Fsp3) is 0.438. The zero-order valence-corrected chi connectivity index (χ0v) is 16.2. The third-order valence-electron chi connectivity index (χ3n) is 3.94. The second kappa shape index (κ2) is 6.95. The number of aromatic nitrogens is 3. The van der Waals surface area contributed by atoms with Gasteiger partial charge in [0.15, 0.2) is 26.3 Å². The first kappa shape index (κ1) is 20.9. The summed E-state index contributed by atoms with van der Waals surface area (Å²) in [4.78, 5) is 17.3. The van der Waals surface area contributed by atoms with Crippen molar-refractivity contribution in [3.05, 3.63) is 29.6 Å². The summed E-state index contributed by atoms with van der Waals surface area (Å²) in [5.74, 6) is -0.824. The minimum absolute atomic E-state index is 0.0428. The van der Waals surface area contributed by atoms with E-state index in [0.717, 1.165) is 24.1 Å². The van der Waals surface area contributed by atoms with E-state index in [4.69, 9.17) is 0 Å². The van der Waals surface area contributed by atoms with Crippen LogP contribution in [0.4, 0.5) is 19.0 Å². The van der Waals surface area contributed by atoms with Gasteiger partial charge in [-0.15, -0.1) is 0 Å². The average molecular weight is 404 g/mol. The van der Waals surface area contributed by atoms with Crippen LogP contribution in [0, 0.1) is 0 Å². The number of carbonyl (C=O) groups excluding carboxylic acids is 1. The van der Waals surface area contributed by atoms with Crippen LogP contribution in [0.3, 0.4) is 0 Å². The highest BCUT2D eigenvalue weighted by atomic mass is 32.2. The minimum Gasteiger partial charge on any atom is -0.357 e. The summed E-state index contributed by atoms with van der Waals surface area (Å²) >= 11 is 0. The van der Waals surface area contributed by atoms with Crippen LogP contribution in [0.2, 0.25) is 0 Å². The van der Waals surface area contributed by atoms with E-state index in [1.807, 2.05) is 0 Å². The van der Waals surface area contributed by atoms with E-state index in [1.54, 1.807) is 20.9 Å². The van der Waals surface area contributed by atoms with E-state index < -0.39 is 33.1 Å². The molecule has 0 radical (unpaired) electrons. The highest BCUT2D eigenvalue weighted by Gasteiger charge is 2.42. The molecular formula is C16H19F3N4O3S. The van der Waals surface area contributed by atoms with Crippen LogP contribution in [0.15, 0.2) is 23.4 Å². The summed E-state index contributed by atoms with van der Waals surface area (Å²) in [7, 11) is -2.02. The van der Waals surface area contributed by atoms with Gasteiger partial charge in [-0.2, -0.15) is 18.3 Å². The Kier molecular flexibility index (Phi) is 5.37. The lowest BCUT2D eigenvalue weighted by Gasteiger charge is -2.25. The SMILES string of the molecule is CC(=O)c1c(C(F)(F)F)nn(-c2ccc(S(C)(=O)=O)nc2)c1N(C)C(C)C. The molecule has 0 N–H and O–H groups in total. The third-order valence-corrected chi connectivity index (χ3v) is 4.94. The van der Waals surface area contributed by atoms with Crippen LogP contribution in [0.25, 0.3) is 5.69 Å². The van der Waals surface area contributed by atoms with E-state index >= 15 is 0 Å². The van der Waals surface area contributed by atoms with E-state index in [2.05, 4.69) is 10.1 Å². The number of halogens is 3. The van der Waals surface area contributed by atoms with Crippen molar-refractivity contribution in [2.75, 3.05) is 18.2 Å². The Balaban J connectivity index is 2.81. The molecule has 2 heterocycles. The number of Topliss-reactive ketones (excluding diaryl/α,β-unsaturated/α-hetero) is 1. The first-order valence-corrected chi connectivity index (χ1v) is 9.74. The summed E-state index contributed by atoms with van der Waals surface area (Å²) in [5, 5.41) is 3.39. The van der Waals surface area contributed by atoms with Crippen LogP contribution in [0.5, 0.6) is 0 Å². The molecule has 148 valence electrons. The number of carbonyl (C=O) groups is 1. The fourth-order valence-electron chi connectivity index (χ4n) is 2.40. The van der Waals surface area contributed by atoms with Gasteiger partial charge in [-0.25, -0.2) is 18.1 Å². The largest absolute Gasteiger partial charge is 0.435 e. The highest BCUT2D eigenvalue weighted by molar-refractivity contribution is 7.90. The van der Waals surface area contributed by atoms with Gasteiger partial charge in [0.2, 0.25) is 0 Å². The molecule has 2 rings (SSSR count). The standard InChI is InChI=1S/C16H19F3N4O3S/c1-9(2)22(4)15-13(10(3)24)14(16(17,18)19)21-23(15)11-6-7-12(20-8-11)27(5,25)26/h6-9H,1-5H3. The molecule has 0 aromatic carbocycles. The van der Waals surface area contributed by atoms with Crippen LogP contribution in [-0.4, -0.2) is 48.3 Å². The van der Waals surface area contributed by atoms with E-state index in [9.17, 15) is 26.4 Å². The number of alkyl halides is 3. The van der Waals surface area contributed by atoms with Gasteiger partial charge in [-0.1, -0.05) is 0 Å². The van der Waals surface area contributed by atoms with Crippen molar-refractivity contribution < 1.29 is 26.4 Å². The predicted molar refractivity (Wildman–Crippen MR) is 93.0 cm³/mol. The Hall–Kier alpha value is -2.43. The maximum atomic E-state index is 13.5. The Bertz CT molecular complexity index is 964. The molecule has 0 atom stereocenters. The Morgan fingerprint density at radius 1 is 1.26 bits per heavy atom. The van der Waals surface area contributed by atoms with Gasteiger partial charge in [-0.05, 0) is 32.9 Å². The maximum absolute atomic E-state index is 13.5. The van der Waals surface area contributed by atoms with E-state index in [0.29, 0.717) is 0 Å². The molecule has 2 aromatic rings. The van der Waals surface area contributed by atoms with Gasteiger partial charge in [0, 0.05) is 19.3 Å². The first-order valence-electron chi connectivity index (χ1n) is 7.85. The van der Waals surface area contributed by atoms with Crippen molar-refractivity contribution in [2.24, 2.45) is 0 Å². The monoisotopic (exact) mass is 404 g/mol. The Labute approximate surface area is 154 Å². The molecule has 0 unspecified atom stereocenters. The highest BCUT2D eigenvalue weighted by Crippen LogP contribution is 2.37. The van der Waals surface area contributed by atoms with Crippen LogP contribution in [0.1, 0.15) is 36.8 Å². The lowest BCUT2D eigenvalue weighted by Crippen LogP contribution is -2.29. The molecule has 2 aromatic heterocycles. The summed E-state index contributed by atoms with van der Waals surface area (Å²) in [6, 6.07) is 2.23. The second-order valence-corrected chi connectivity index (χ2v) is 8.31. The summed E-state index contributed by atoms with van der Waals surface area (Å²) in [6.07, 6.45) is -2.76. The smallest absolute Gasteiger partial charge is 0.357 e. The summed E-state index contributed by atoms with van der Waals surface area (Å²) in [5.41, 5.74) is -1.75. The van der Waals surface area contributed by atoms with Crippen molar-refractivity contribution in [1.29, 1.82) is 0 Å². The Morgan fingerprint density at radius 2 is 1.85 bits per heavy atom. The molecule has 0 aliphatic heterocycles. The van der Waals surface area contributed by atoms with Gasteiger partial charge in [0.25, 0.3) is 0 Å². The zero-order chi connectivity index (χ0) is 20.7. The third kappa shape index (κ3) is 4.12. The predicted octanol–water partition coefficient (Wildman–Crippen LogP) is 2.74. The molecule has 27 heavy (non-hydrogen) atoms. The topological polar surface area (TPSA) is 85.2 Å². The fourth-order valence-corrected chi connectivity index (χ4v) is 2.96. The summed E-state index contributed by atoms with van der Waals surface area (Å²) < 4.78 is 64.4. The maximum Gasteiger partial charge on any atom is 0.435 e. The van der Waals surface area contributed by atoms with Gasteiger partial charge < -0.3 is 4.90 Å². The summed E-state index contributed by atoms with van der Waals surface area (Å²) in [6.45, 7) is 4.54. The number of pyridine rings is 1. The van der Waals surface area contributed by atoms with Crippen LogP contribution >= 0.6 is 0 Å². The number of hydrogen-bond donors (Lipinski definition) is 0. The van der Waals surface area contributed by atoms with E-state index in [-0.39, 0.29) is 22.6 Å². The van der Waals surface area contributed by atoms with Crippen molar-refractivity contribution >= 4 is 21.4 Å². The molecule has 0 saturated heterocycles. The number of sulfone groups is 1. The van der Waals surface area contributed by atoms with Crippen LogP contribution in [-0.2, 0) is 16.0 Å². The zero-order valence-electron chi connectivity index (χ0n) is 15.4. The van der Waals surface area contributed by atoms with Crippen molar-refractivity contribution in [3.8, 4) is 5.69 Å². The molecule has 0 saturated carbocycles. The number of hydrogen-bond acceptors (Lipinski definition) is 6. The molecule has 0 aliphatic carbocycles. The molecule has 0 amide bonds. The van der Waals surface area contributed by atoms with Gasteiger partial charge >= 0.3 is 6.18 Å². The molecular weight excluding hydrogens is 385 g/mol. The number of ketones is 1. The van der Waals surface area contributed by atoms with Crippen molar-refractivity contribution in [3.63, 3.8) is 0 Å². The van der Waals surface area contributed by atoms with E-state index in [1.165, 1.54) is 17.0 Å². The first-order chi connectivity index (χ1) is 12.2. The van der Waals surface area contributed by atoms with Crippen LogP contribution < -0.4 is 4.90 Å². The quantitative estimate of drug-likeness (QED) is 0.713. The molecule has 0 aliphatic rings. The molecule has 11 heteroatoms. The lowest BCUT2D eigenvalue weighted by molar-refractivity contribution is -0.141. The average Bonchev–Trinajstić information content (AvgIpc) is 2.94. The molecule has 0 bridgehead atoms. The van der Waals surface area contributed by atoms with Crippen molar-refractivity contribution in [2.45, 2.75) is 38.0 Å². The van der Waals surface area contributed by atoms with Crippen molar-refractivity contribution in [1.82, 2.24) is 14.8 Å². The minimum atomic E-state index is -4.83. The number of rotatable bonds is 5. The van der Waals surface area contributed by atoms with Gasteiger partial charge in [0.05, 0.1) is 17.4 Å². The second-order valence-electron chi connectivity index (χ2n) is 6.34. The van der Waals surface area contributed by atoms with Gasteiger partial charge in [-0.3, -0.25) is 4.79 Å². The Morgan fingerprint density at radius 3 is 2.22 bits per heavy atom. The molecule has 0 spiro atoms. The van der Waals surface area contributed by atoms with Gasteiger partial charge in [0.1, 0.15) is 5.82 Å².